The Labute approximate surface area is 146 Å². The van der Waals surface area contributed by atoms with Crippen LogP contribution in [0.1, 0.15) is 19.3 Å². The van der Waals surface area contributed by atoms with Gasteiger partial charge in [-0.25, -0.2) is 4.98 Å². The zero-order valence-electron chi connectivity index (χ0n) is 14.0. The Morgan fingerprint density at radius 2 is 1.92 bits per heavy atom. The number of fused-ring (bicyclic) bond motifs is 1. The van der Waals surface area contributed by atoms with Crippen LogP contribution in [0, 0.1) is 5.92 Å². The van der Waals surface area contributed by atoms with Crippen LogP contribution in [0.5, 0.6) is 0 Å². The van der Waals surface area contributed by atoms with E-state index in [0.29, 0.717) is 12.3 Å². The lowest BCUT2D eigenvalue weighted by Crippen LogP contribution is -2.22. The monoisotopic (exact) mass is 335 g/mol. The van der Waals surface area contributed by atoms with E-state index in [9.17, 15) is 4.79 Å². The van der Waals surface area contributed by atoms with Crippen LogP contribution in [0.2, 0.25) is 0 Å². The first-order chi connectivity index (χ1) is 12.3. The summed E-state index contributed by atoms with van der Waals surface area (Å²) in [6, 6.07) is 13.9. The molecule has 3 heterocycles. The van der Waals surface area contributed by atoms with Crippen molar-refractivity contribution < 1.29 is 9.53 Å². The van der Waals surface area contributed by atoms with Gasteiger partial charge in [0.15, 0.2) is 0 Å². The summed E-state index contributed by atoms with van der Waals surface area (Å²) < 4.78 is 7.30. The molecule has 1 N–H and O–H groups in total. The summed E-state index contributed by atoms with van der Waals surface area (Å²) in [5.41, 5.74) is 3.66. The third-order valence-electron chi connectivity index (χ3n) is 4.62. The fraction of sp³-hybridized carbons (Fsp3) is 0.300. The number of imidazole rings is 1. The number of pyridine rings is 1. The first-order valence-corrected chi connectivity index (χ1v) is 8.70. The van der Waals surface area contributed by atoms with Crippen molar-refractivity contribution in [2.75, 3.05) is 18.5 Å². The largest absolute Gasteiger partial charge is 0.381 e. The van der Waals surface area contributed by atoms with Crippen molar-refractivity contribution in [3.63, 3.8) is 0 Å². The molecule has 128 valence electrons. The summed E-state index contributed by atoms with van der Waals surface area (Å²) in [6.07, 6.45) is 6.39. The molecule has 1 fully saturated rings. The summed E-state index contributed by atoms with van der Waals surface area (Å²) in [5, 5.41) is 3.00. The highest BCUT2D eigenvalue weighted by molar-refractivity contribution is 5.90. The molecule has 1 saturated heterocycles. The molecule has 1 aromatic carbocycles. The number of anilines is 1. The van der Waals surface area contributed by atoms with Crippen molar-refractivity contribution in [2.45, 2.75) is 19.3 Å². The maximum absolute atomic E-state index is 12.3. The van der Waals surface area contributed by atoms with Gasteiger partial charge in [-0.15, -0.1) is 0 Å². The van der Waals surface area contributed by atoms with E-state index in [-0.39, 0.29) is 5.91 Å². The first kappa shape index (κ1) is 15.8. The number of ether oxygens (including phenoxy) is 1. The fourth-order valence-corrected chi connectivity index (χ4v) is 3.24. The molecule has 0 bridgehead atoms. The standard InChI is InChI=1S/C20H21N3O2/c24-20(12-15-8-10-25-11-9-15)21-17-6-7-19-22-18(14-23(19)13-17)16-4-2-1-3-5-16/h1-7,13-15H,8-12H2,(H,21,24). The Hall–Kier alpha value is -2.66. The maximum atomic E-state index is 12.3. The van der Waals surface area contributed by atoms with E-state index in [1.165, 1.54) is 0 Å². The predicted octanol–water partition coefficient (Wildman–Crippen LogP) is 3.76. The second-order valence-corrected chi connectivity index (χ2v) is 6.48. The predicted molar refractivity (Wildman–Crippen MR) is 97.4 cm³/mol. The van der Waals surface area contributed by atoms with Crippen LogP contribution in [0.4, 0.5) is 5.69 Å². The molecule has 0 aliphatic carbocycles. The molecule has 1 amide bonds. The summed E-state index contributed by atoms with van der Waals surface area (Å²) in [7, 11) is 0. The van der Waals surface area contributed by atoms with E-state index in [4.69, 9.17) is 4.74 Å². The van der Waals surface area contributed by atoms with Crippen molar-refractivity contribution in [1.82, 2.24) is 9.38 Å². The Balaban J connectivity index is 1.48. The van der Waals surface area contributed by atoms with Crippen LogP contribution in [0.15, 0.2) is 54.9 Å². The van der Waals surface area contributed by atoms with Crippen LogP contribution < -0.4 is 5.32 Å². The minimum atomic E-state index is 0.0645. The summed E-state index contributed by atoms with van der Waals surface area (Å²) in [5.74, 6) is 0.491. The van der Waals surface area contributed by atoms with E-state index in [0.717, 1.165) is 48.6 Å². The number of nitrogens with zero attached hydrogens (tertiary/aromatic N) is 2. The zero-order valence-corrected chi connectivity index (χ0v) is 14.0. The van der Waals surface area contributed by atoms with Gasteiger partial charge in [0.2, 0.25) is 5.91 Å². The molecule has 0 saturated carbocycles. The van der Waals surface area contributed by atoms with Gasteiger partial charge in [-0.3, -0.25) is 4.79 Å². The van der Waals surface area contributed by atoms with E-state index in [2.05, 4.69) is 10.3 Å². The first-order valence-electron chi connectivity index (χ1n) is 8.70. The van der Waals surface area contributed by atoms with Crippen molar-refractivity contribution in [2.24, 2.45) is 5.92 Å². The minimum Gasteiger partial charge on any atom is -0.381 e. The van der Waals surface area contributed by atoms with E-state index < -0.39 is 0 Å². The molecule has 0 unspecified atom stereocenters. The number of rotatable bonds is 4. The number of hydrogen-bond acceptors (Lipinski definition) is 3. The van der Waals surface area contributed by atoms with Crippen molar-refractivity contribution in [3.8, 4) is 11.3 Å². The Morgan fingerprint density at radius 3 is 2.72 bits per heavy atom. The van der Waals surface area contributed by atoms with Crippen LogP contribution in [-0.4, -0.2) is 28.5 Å². The van der Waals surface area contributed by atoms with Crippen molar-refractivity contribution in [1.29, 1.82) is 0 Å². The number of hydrogen-bond donors (Lipinski definition) is 1. The van der Waals surface area contributed by atoms with Gasteiger partial charge in [0.1, 0.15) is 5.65 Å². The Kier molecular flexibility index (Phi) is 4.48. The topological polar surface area (TPSA) is 55.6 Å². The van der Waals surface area contributed by atoms with Gasteiger partial charge in [0.05, 0.1) is 11.4 Å². The van der Waals surface area contributed by atoms with E-state index >= 15 is 0 Å². The third kappa shape index (κ3) is 3.72. The normalized spacial score (nSPS) is 15.4. The lowest BCUT2D eigenvalue weighted by molar-refractivity contribution is -0.117. The van der Waals surface area contributed by atoms with Gasteiger partial charge in [0, 0.05) is 37.6 Å². The maximum Gasteiger partial charge on any atom is 0.224 e. The highest BCUT2D eigenvalue weighted by Gasteiger charge is 2.17. The lowest BCUT2D eigenvalue weighted by atomic mass is 9.96. The number of carbonyl (C=O) groups excluding carboxylic acids is 1. The summed E-state index contributed by atoms with van der Waals surface area (Å²) in [4.78, 5) is 16.9. The molecule has 1 aliphatic rings. The summed E-state index contributed by atoms with van der Waals surface area (Å²) >= 11 is 0. The molecule has 0 spiro atoms. The van der Waals surface area contributed by atoms with Gasteiger partial charge in [-0.05, 0) is 30.9 Å². The molecule has 2 aromatic heterocycles. The number of benzene rings is 1. The molecular weight excluding hydrogens is 314 g/mol. The fourth-order valence-electron chi connectivity index (χ4n) is 3.24. The van der Waals surface area contributed by atoms with E-state index in [1.807, 2.05) is 59.3 Å². The molecule has 1 aliphatic heterocycles. The molecule has 0 radical (unpaired) electrons. The van der Waals surface area contributed by atoms with Crippen LogP contribution >= 0.6 is 0 Å². The average molecular weight is 335 g/mol. The van der Waals surface area contributed by atoms with Crippen molar-refractivity contribution in [3.05, 3.63) is 54.9 Å². The number of nitrogens with one attached hydrogen (secondary N) is 1. The molecular formula is C20H21N3O2. The van der Waals surface area contributed by atoms with Crippen LogP contribution in [0.3, 0.4) is 0 Å². The molecule has 5 heteroatoms. The van der Waals surface area contributed by atoms with Crippen LogP contribution in [-0.2, 0) is 9.53 Å². The quantitative estimate of drug-likeness (QED) is 0.790. The third-order valence-corrected chi connectivity index (χ3v) is 4.62. The highest BCUT2D eigenvalue weighted by Crippen LogP contribution is 2.22. The molecule has 0 atom stereocenters. The molecule has 4 rings (SSSR count). The van der Waals surface area contributed by atoms with Gasteiger partial charge in [-0.1, -0.05) is 30.3 Å². The van der Waals surface area contributed by atoms with Gasteiger partial charge < -0.3 is 14.5 Å². The highest BCUT2D eigenvalue weighted by atomic mass is 16.5. The van der Waals surface area contributed by atoms with Crippen LogP contribution in [0.25, 0.3) is 16.9 Å². The zero-order chi connectivity index (χ0) is 17.1. The smallest absolute Gasteiger partial charge is 0.224 e. The van der Waals surface area contributed by atoms with Gasteiger partial charge >= 0.3 is 0 Å². The van der Waals surface area contributed by atoms with Crippen molar-refractivity contribution >= 4 is 17.2 Å². The number of amides is 1. The minimum absolute atomic E-state index is 0.0645. The van der Waals surface area contributed by atoms with Gasteiger partial charge in [-0.2, -0.15) is 0 Å². The Morgan fingerprint density at radius 1 is 1.12 bits per heavy atom. The summed E-state index contributed by atoms with van der Waals surface area (Å²) in [6.45, 7) is 1.53. The average Bonchev–Trinajstić information content (AvgIpc) is 3.06. The second-order valence-electron chi connectivity index (χ2n) is 6.48. The van der Waals surface area contributed by atoms with Gasteiger partial charge in [0.25, 0.3) is 0 Å². The SMILES string of the molecule is O=C(CC1CCOCC1)Nc1ccc2nc(-c3ccccc3)cn2c1. The molecule has 3 aromatic rings. The second kappa shape index (κ2) is 7.07. The molecule has 5 nitrogen and oxygen atoms in total. The molecule has 25 heavy (non-hydrogen) atoms. The number of aromatic nitrogens is 2. The number of carbonyl (C=O) groups is 1. The lowest BCUT2D eigenvalue weighted by Gasteiger charge is -2.21. The van der Waals surface area contributed by atoms with E-state index in [1.54, 1.807) is 0 Å². The Bertz CT molecular complexity index is 867.